The number of anilines is 1. The van der Waals surface area contributed by atoms with Crippen LogP contribution in [0.2, 0.25) is 0 Å². The second kappa shape index (κ2) is 6.10. The first-order chi connectivity index (χ1) is 9.74. The van der Waals surface area contributed by atoms with Crippen molar-refractivity contribution in [1.82, 2.24) is 4.98 Å². The second-order valence-electron chi connectivity index (χ2n) is 5.57. The van der Waals surface area contributed by atoms with Gasteiger partial charge in [-0.15, -0.1) is 11.3 Å². The second-order valence-corrected chi connectivity index (χ2v) is 6.66. The van der Waals surface area contributed by atoms with E-state index in [2.05, 4.69) is 10.3 Å². The number of hydrogen-bond donors (Lipinski definition) is 2. The first-order valence-corrected chi connectivity index (χ1v) is 8.09. The first-order valence-electron chi connectivity index (χ1n) is 7.28. The number of ether oxygens (including phenoxy) is 1. The van der Waals surface area contributed by atoms with E-state index in [4.69, 9.17) is 4.74 Å². The standard InChI is InChI=1S/C14H20N2O3S/c17-13(18)10-4-1-5-11-12(10)16-14(20-11)15-7-9-3-2-6-19-8-9/h9-10H,1-8H2,(H,15,16)(H,17,18). The maximum absolute atomic E-state index is 11.3. The Morgan fingerprint density at radius 1 is 1.45 bits per heavy atom. The number of aliphatic carboxylic acids is 1. The van der Waals surface area contributed by atoms with Crippen molar-refractivity contribution in [3.8, 4) is 0 Å². The number of carbonyl (C=O) groups is 1. The Hall–Kier alpha value is -1.14. The third-order valence-corrected chi connectivity index (χ3v) is 5.14. The van der Waals surface area contributed by atoms with Gasteiger partial charge in [0.25, 0.3) is 0 Å². The summed E-state index contributed by atoms with van der Waals surface area (Å²) in [4.78, 5) is 16.9. The van der Waals surface area contributed by atoms with Crippen LogP contribution in [0.15, 0.2) is 0 Å². The Kier molecular flexibility index (Phi) is 4.21. The Bertz CT molecular complexity index is 483. The van der Waals surface area contributed by atoms with Crippen LogP contribution in [0.5, 0.6) is 0 Å². The number of rotatable bonds is 4. The van der Waals surface area contributed by atoms with Crippen molar-refractivity contribution in [2.45, 2.75) is 38.0 Å². The fraction of sp³-hybridized carbons (Fsp3) is 0.714. The summed E-state index contributed by atoms with van der Waals surface area (Å²) in [6, 6.07) is 0. The fourth-order valence-corrected chi connectivity index (χ4v) is 4.01. The van der Waals surface area contributed by atoms with E-state index < -0.39 is 11.9 Å². The minimum atomic E-state index is -0.747. The Morgan fingerprint density at radius 2 is 2.35 bits per heavy atom. The molecule has 1 aromatic heterocycles. The number of aryl methyl sites for hydroxylation is 1. The highest BCUT2D eigenvalue weighted by atomic mass is 32.1. The average Bonchev–Trinajstić information content (AvgIpc) is 2.88. The highest BCUT2D eigenvalue weighted by Crippen LogP contribution is 2.36. The molecule has 2 unspecified atom stereocenters. The van der Waals surface area contributed by atoms with Crippen molar-refractivity contribution in [1.29, 1.82) is 0 Å². The van der Waals surface area contributed by atoms with Crippen LogP contribution in [0.4, 0.5) is 5.13 Å². The third-order valence-electron chi connectivity index (χ3n) is 4.05. The van der Waals surface area contributed by atoms with Crippen LogP contribution in [-0.2, 0) is 16.0 Å². The molecule has 1 aliphatic heterocycles. The van der Waals surface area contributed by atoms with Gasteiger partial charge in [-0.1, -0.05) is 0 Å². The lowest BCUT2D eigenvalue weighted by Gasteiger charge is -2.21. The average molecular weight is 296 g/mol. The molecular formula is C14H20N2O3S. The van der Waals surface area contributed by atoms with Gasteiger partial charge >= 0.3 is 5.97 Å². The first kappa shape index (κ1) is 13.8. The molecule has 0 radical (unpaired) electrons. The van der Waals surface area contributed by atoms with E-state index in [1.54, 1.807) is 11.3 Å². The van der Waals surface area contributed by atoms with Crippen LogP contribution in [0, 0.1) is 5.92 Å². The van der Waals surface area contributed by atoms with E-state index in [-0.39, 0.29) is 0 Å². The molecule has 20 heavy (non-hydrogen) atoms. The van der Waals surface area contributed by atoms with Crippen LogP contribution >= 0.6 is 11.3 Å². The highest BCUT2D eigenvalue weighted by Gasteiger charge is 2.30. The number of carboxylic acids is 1. The van der Waals surface area contributed by atoms with E-state index in [0.717, 1.165) is 54.7 Å². The number of hydrogen-bond acceptors (Lipinski definition) is 5. The molecule has 0 spiro atoms. The molecule has 1 fully saturated rings. The number of thiazole rings is 1. The van der Waals surface area contributed by atoms with Crippen LogP contribution < -0.4 is 5.32 Å². The predicted octanol–water partition coefficient (Wildman–Crippen LogP) is 2.49. The van der Waals surface area contributed by atoms with Crippen molar-refractivity contribution in [2.75, 3.05) is 25.1 Å². The van der Waals surface area contributed by atoms with E-state index in [1.807, 2.05) is 0 Å². The Balaban J connectivity index is 1.64. The van der Waals surface area contributed by atoms with E-state index in [9.17, 15) is 9.90 Å². The molecule has 0 amide bonds. The van der Waals surface area contributed by atoms with Gasteiger partial charge in [0.15, 0.2) is 5.13 Å². The van der Waals surface area contributed by atoms with Gasteiger partial charge in [0.1, 0.15) is 5.92 Å². The van der Waals surface area contributed by atoms with Crippen LogP contribution in [-0.4, -0.2) is 35.8 Å². The molecule has 2 N–H and O–H groups in total. The van der Waals surface area contributed by atoms with Crippen molar-refractivity contribution in [3.05, 3.63) is 10.6 Å². The zero-order valence-corrected chi connectivity index (χ0v) is 12.2. The molecule has 2 atom stereocenters. The normalized spacial score (nSPS) is 26.0. The summed E-state index contributed by atoms with van der Waals surface area (Å²) in [7, 11) is 0. The number of aromatic nitrogens is 1. The highest BCUT2D eigenvalue weighted by molar-refractivity contribution is 7.15. The van der Waals surface area contributed by atoms with Gasteiger partial charge in [0.05, 0.1) is 12.3 Å². The van der Waals surface area contributed by atoms with Gasteiger partial charge in [-0.2, -0.15) is 0 Å². The molecule has 3 rings (SSSR count). The summed E-state index contributed by atoms with van der Waals surface area (Å²) in [6.45, 7) is 2.56. The molecule has 110 valence electrons. The topological polar surface area (TPSA) is 71.5 Å². The van der Waals surface area contributed by atoms with Gasteiger partial charge in [-0.05, 0) is 38.0 Å². The molecule has 2 aliphatic rings. The largest absolute Gasteiger partial charge is 0.481 e. The molecule has 6 heteroatoms. The summed E-state index contributed by atoms with van der Waals surface area (Å²) < 4.78 is 5.47. The Morgan fingerprint density at radius 3 is 3.10 bits per heavy atom. The van der Waals surface area contributed by atoms with Crippen molar-refractivity contribution >= 4 is 22.4 Å². The summed E-state index contributed by atoms with van der Waals surface area (Å²) >= 11 is 1.62. The minimum Gasteiger partial charge on any atom is -0.481 e. The van der Waals surface area contributed by atoms with E-state index in [0.29, 0.717) is 12.3 Å². The number of nitrogens with one attached hydrogen (secondary N) is 1. The molecule has 1 aliphatic carbocycles. The SMILES string of the molecule is O=C(O)C1CCCc2sc(NCC3CCCOC3)nc21. The molecule has 1 aromatic rings. The summed E-state index contributed by atoms with van der Waals surface area (Å²) in [5.41, 5.74) is 0.788. The molecule has 1 saturated heterocycles. The molecule has 0 aromatic carbocycles. The minimum absolute atomic E-state index is 0.413. The molecule has 0 bridgehead atoms. The van der Waals surface area contributed by atoms with Gasteiger partial charge < -0.3 is 15.2 Å². The van der Waals surface area contributed by atoms with Crippen molar-refractivity contribution in [3.63, 3.8) is 0 Å². The lowest BCUT2D eigenvalue weighted by molar-refractivity contribution is -0.139. The maximum Gasteiger partial charge on any atom is 0.312 e. The monoisotopic (exact) mass is 296 g/mol. The zero-order valence-electron chi connectivity index (χ0n) is 11.4. The van der Waals surface area contributed by atoms with E-state index >= 15 is 0 Å². The zero-order chi connectivity index (χ0) is 13.9. The fourth-order valence-electron chi connectivity index (χ4n) is 2.93. The third kappa shape index (κ3) is 2.96. The van der Waals surface area contributed by atoms with Gasteiger partial charge in [-0.25, -0.2) is 4.98 Å². The molecular weight excluding hydrogens is 276 g/mol. The van der Waals surface area contributed by atoms with Crippen molar-refractivity contribution in [2.24, 2.45) is 5.92 Å². The lowest BCUT2D eigenvalue weighted by Crippen LogP contribution is -2.24. The van der Waals surface area contributed by atoms with Gasteiger partial charge in [0, 0.05) is 18.0 Å². The smallest absolute Gasteiger partial charge is 0.312 e. The number of nitrogens with zero attached hydrogens (tertiary/aromatic N) is 1. The van der Waals surface area contributed by atoms with Crippen LogP contribution in [0.25, 0.3) is 0 Å². The van der Waals surface area contributed by atoms with E-state index in [1.165, 1.54) is 6.42 Å². The lowest BCUT2D eigenvalue weighted by atomic mass is 9.91. The molecule has 0 saturated carbocycles. The Labute approximate surface area is 122 Å². The summed E-state index contributed by atoms with van der Waals surface area (Å²) in [6.07, 6.45) is 4.94. The van der Waals surface area contributed by atoms with Crippen molar-refractivity contribution < 1.29 is 14.6 Å². The van der Waals surface area contributed by atoms with Crippen LogP contribution in [0.1, 0.15) is 42.2 Å². The number of carboxylic acid groups (broad SMARTS) is 1. The maximum atomic E-state index is 11.3. The van der Waals surface area contributed by atoms with Gasteiger partial charge in [-0.3, -0.25) is 4.79 Å². The van der Waals surface area contributed by atoms with Gasteiger partial charge in [0.2, 0.25) is 0 Å². The van der Waals surface area contributed by atoms with Crippen LogP contribution in [0.3, 0.4) is 0 Å². The number of fused-ring (bicyclic) bond motifs is 1. The quantitative estimate of drug-likeness (QED) is 0.893. The summed E-state index contributed by atoms with van der Waals surface area (Å²) in [5, 5.41) is 13.5. The summed E-state index contributed by atoms with van der Waals surface area (Å²) in [5.74, 6) is -0.619. The molecule has 2 heterocycles. The molecule has 5 nitrogen and oxygen atoms in total. The predicted molar refractivity (Wildman–Crippen MR) is 77.5 cm³/mol.